The average Bonchev–Trinajstić information content (AvgIpc) is 2.15. The molecule has 80 valence electrons. The van der Waals surface area contributed by atoms with Crippen LogP contribution in [-0.4, -0.2) is 11.4 Å². The van der Waals surface area contributed by atoms with Crippen LogP contribution < -0.4 is 0 Å². The van der Waals surface area contributed by atoms with Crippen molar-refractivity contribution < 1.29 is 4.79 Å². The summed E-state index contributed by atoms with van der Waals surface area (Å²) in [6.45, 7) is 6.58. The van der Waals surface area contributed by atoms with Gasteiger partial charge in [0, 0.05) is 0 Å². The van der Waals surface area contributed by atoms with Gasteiger partial charge in [-0.3, -0.25) is 4.79 Å². The minimum atomic E-state index is 0.149. The molecule has 0 saturated carbocycles. The molecule has 0 saturated heterocycles. The van der Waals surface area contributed by atoms with Gasteiger partial charge in [0.2, 0.25) is 0 Å². The Hall–Kier alpha value is -0.240. The standard InChI is InChI=1S/C12H20OS/c1-5-9-7-6-8-12(2,3)10(9)11(13)14-4/h7,10H,5-6,8H2,1-4H3. The van der Waals surface area contributed by atoms with Gasteiger partial charge in [-0.05, 0) is 30.9 Å². The molecular weight excluding hydrogens is 192 g/mol. The molecule has 0 heterocycles. The Labute approximate surface area is 91.3 Å². The maximum atomic E-state index is 11.9. The highest BCUT2D eigenvalue weighted by atomic mass is 32.2. The molecule has 0 radical (unpaired) electrons. The van der Waals surface area contributed by atoms with Gasteiger partial charge in [0.15, 0.2) is 5.12 Å². The summed E-state index contributed by atoms with van der Waals surface area (Å²) in [6.07, 6.45) is 7.44. The molecule has 1 rings (SSSR count). The maximum Gasteiger partial charge on any atom is 0.196 e. The summed E-state index contributed by atoms with van der Waals surface area (Å²) in [7, 11) is 0. The first kappa shape index (κ1) is 11.8. The molecule has 0 fully saturated rings. The molecule has 0 aromatic heterocycles. The van der Waals surface area contributed by atoms with E-state index < -0.39 is 0 Å². The van der Waals surface area contributed by atoms with Crippen molar-refractivity contribution in [1.82, 2.24) is 0 Å². The lowest BCUT2D eigenvalue weighted by atomic mass is 9.68. The third-order valence-electron chi connectivity index (χ3n) is 3.19. The second-order valence-corrected chi connectivity index (χ2v) is 5.43. The summed E-state index contributed by atoms with van der Waals surface area (Å²) in [5.74, 6) is 0.149. The number of hydrogen-bond acceptors (Lipinski definition) is 2. The van der Waals surface area contributed by atoms with E-state index in [2.05, 4.69) is 26.8 Å². The second kappa shape index (κ2) is 4.52. The van der Waals surface area contributed by atoms with Crippen molar-refractivity contribution in [2.75, 3.05) is 6.26 Å². The van der Waals surface area contributed by atoms with Crippen molar-refractivity contribution in [1.29, 1.82) is 0 Å². The molecule has 1 aliphatic rings. The van der Waals surface area contributed by atoms with Gasteiger partial charge in [0.05, 0.1) is 5.92 Å². The number of hydrogen-bond donors (Lipinski definition) is 0. The van der Waals surface area contributed by atoms with E-state index in [0.717, 1.165) is 19.3 Å². The maximum absolute atomic E-state index is 11.9. The molecule has 0 aromatic rings. The van der Waals surface area contributed by atoms with E-state index in [0.29, 0.717) is 5.12 Å². The van der Waals surface area contributed by atoms with Crippen molar-refractivity contribution in [2.24, 2.45) is 11.3 Å². The van der Waals surface area contributed by atoms with Crippen molar-refractivity contribution in [2.45, 2.75) is 40.0 Å². The van der Waals surface area contributed by atoms with Gasteiger partial charge in [-0.2, -0.15) is 0 Å². The first-order valence-electron chi connectivity index (χ1n) is 5.29. The van der Waals surface area contributed by atoms with Gasteiger partial charge in [-0.15, -0.1) is 0 Å². The molecule has 1 atom stereocenters. The third kappa shape index (κ3) is 2.22. The van der Waals surface area contributed by atoms with E-state index >= 15 is 0 Å². The molecule has 0 bridgehead atoms. The van der Waals surface area contributed by atoms with Crippen LogP contribution in [0.2, 0.25) is 0 Å². The van der Waals surface area contributed by atoms with Crippen LogP contribution in [0.3, 0.4) is 0 Å². The summed E-state index contributed by atoms with van der Waals surface area (Å²) >= 11 is 1.37. The highest BCUT2D eigenvalue weighted by Crippen LogP contribution is 2.43. The normalized spacial score (nSPS) is 25.7. The summed E-state index contributed by atoms with van der Waals surface area (Å²) in [6, 6.07) is 0. The smallest absolute Gasteiger partial charge is 0.196 e. The first-order chi connectivity index (χ1) is 6.53. The van der Waals surface area contributed by atoms with Crippen LogP contribution in [0.5, 0.6) is 0 Å². The summed E-state index contributed by atoms with van der Waals surface area (Å²) in [4.78, 5) is 11.9. The van der Waals surface area contributed by atoms with Gasteiger partial charge in [0.1, 0.15) is 0 Å². The van der Waals surface area contributed by atoms with Crippen LogP contribution in [0.4, 0.5) is 0 Å². The Bertz CT molecular complexity index is 253. The van der Waals surface area contributed by atoms with E-state index in [9.17, 15) is 4.79 Å². The Kier molecular flexibility index (Phi) is 3.82. The number of carbonyl (C=O) groups is 1. The number of allylic oxidation sites excluding steroid dienone is 2. The average molecular weight is 212 g/mol. The van der Waals surface area contributed by atoms with Crippen molar-refractivity contribution in [3.05, 3.63) is 11.6 Å². The van der Waals surface area contributed by atoms with Crippen LogP contribution in [0.1, 0.15) is 40.0 Å². The Balaban J connectivity index is 2.97. The van der Waals surface area contributed by atoms with Crippen LogP contribution in [0.25, 0.3) is 0 Å². The first-order valence-corrected chi connectivity index (χ1v) is 6.52. The van der Waals surface area contributed by atoms with E-state index in [1.807, 2.05) is 6.26 Å². The fourth-order valence-corrected chi connectivity index (χ4v) is 3.04. The molecule has 1 aliphatic carbocycles. The Morgan fingerprint density at radius 3 is 2.79 bits per heavy atom. The molecule has 0 spiro atoms. The fraction of sp³-hybridized carbons (Fsp3) is 0.750. The minimum absolute atomic E-state index is 0.149. The molecule has 0 aromatic carbocycles. The van der Waals surface area contributed by atoms with Crippen molar-refractivity contribution in [3.63, 3.8) is 0 Å². The molecule has 0 aliphatic heterocycles. The third-order valence-corrected chi connectivity index (χ3v) is 3.83. The van der Waals surface area contributed by atoms with Crippen LogP contribution >= 0.6 is 11.8 Å². The van der Waals surface area contributed by atoms with Gasteiger partial charge < -0.3 is 0 Å². The van der Waals surface area contributed by atoms with Crippen LogP contribution in [0, 0.1) is 11.3 Å². The zero-order valence-corrected chi connectivity index (χ0v) is 10.4. The van der Waals surface area contributed by atoms with Crippen molar-refractivity contribution in [3.8, 4) is 0 Å². The fourth-order valence-electron chi connectivity index (χ4n) is 2.33. The van der Waals surface area contributed by atoms with Gasteiger partial charge >= 0.3 is 0 Å². The topological polar surface area (TPSA) is 17.1 Å². The molecular formula is C12H20OS. The van der Waals surface area contributed by atoms with E-state index in [4.69, 9.17) is 0 Å². The quantitative estimate of drug-likeness (QED) is 0.650. The SMILES string of the molecule is CCC1=CCCC(C)(C)C1C(=O)SC. The van der Waals surface area contributed by atoms with E-state index in [1.54, 1.807) is 0 Å². The highest BCUT2D eigenvalue weighted by Gasteiger charge is 2.38. The minimum Gasteiger partial charge on any atom is -0.287 e. The van der Waals surface area contributed by atoms with Gasteiger partial charge in [-0.25, -0.2) is 0 Å². The Morgan fingerprint density at radius 2 is 2.29 bits per heavy atom. The molecule has 14 heavy (non-hydrogen) atoms. The number of carbonyl (C=O) groups excluding carboxylic acids is 1. The monoisotopic (exact) mass is 212 g/mol. The lowest BCUT2D eigenvalue weighted by molar-refractivity contribution is -0.116. The molecule has 0 N–H and O–H groups in total. The highest BCUT2D eigenvalue weighted by molar-refractivity contribution is 8.13. The molecule has 1 unspecified atom stereocenters. The lowest BCUT2D eigenvalue weighted by Crippen LogP contribution is -2.33. The summed E-state index contributed by atoms with van der Waals surface area (Å²) in [5, 5.41) is 0.336. The predicted molar refractivity (Wildman–Crippen MR) is 63.4 cm³/mol. The zero-order chi connectivity index (χ0) is 10.8. The number of rotatable bonds is 2. The van der Waals surface area contributed by atoms with Gasteiger partial charge in [0.25, 0.3) is 0 Å². The molecule has 1 nitrogen and oxygen atoms in total. The largest absolute Gasteiger partial charge is 0.287 e. The second-order valence-electron chi connectivity index (χ2n) is 4.62. The molecule has 0 amide bonds. The van der Waals surface area contributed by atoms with Crippen LogP contribution in [0.15, 0.2) is 11.6 Å². The Morgan fingerprint density at radius 1 is 1.64 bits per heavy atom. The number of thioether (sulfide) groups is 1. The summed E-state index contributed by atoms with van der Waals surface area (Å²) in [5.41, 5.74) is 1.50. The van der Waals surface area contributed by atoms with Gasteiger partial charge in [-0.1, -0.05) is 44.2 Å². The molecule has 2 heteroatoms. The van der Waals surface area contributed by atoms with Crippen molar-refractivity contribution >= 4 is 16.9 Å². The summed E-state index contributed by atoms with van der Waals surface area (Å²) < 4.78 is 0. The van der Waals surface area contributed by atoms with E-state index in [1.165, 1.54) is 17.3 Å². The zero-order valence-electron chi connectivity index (χ0n) is 9.59. The van der Waals surface area contributed by atoms with Crippen LogP contribution in [-0.2, 0) is 4.79 Å². The van der Waals surface area contributed by atoms with E-state index in [-0.39, 0.29) is 11.3 Å². The lowest BCUT2D eigenvalue weighted by Gasteiger charge is -2.37. The predicted octanol–water partition coefficient (Wildman–Crippen LogP) is 3.65.